The van der Waals surface area contributed by atoms with Crippen LogP contribution in [0.25, 0.3) is 4.85 Å². The van der Waals surface area contributed by atoms with Gasteiger partial charge in [0.05, 0.1) is 30.1 Å². The van der Waals surface area contributed by atoms with Gasteiger partial charge in [-0.25, -0.2) is 14.8 Å². The van der Waals surface area contributed by atoms with Crippen LogP contribution in [0.2, 0.25) is 5.02 Å². The number of benzene rings is 2. The molecular formula is C43H48ClN9O5. The monoisotopic (exact) mass is 805 g/mol. The molecule has 1 N–H and O–H groups in total. The molecule has 0 aliphatic carbocycles. The zero-order valence-corrected chi connectivity index (χ0v) is 33.5. The minimum atomic E-state index is -0.967. The molecule has 15 heteroatoms. The van der Waals surface area contributed by atoms with Crippen LogP contribution in [0.5, 0.6) is 5.88 Å². The first-order valence-electron chi connectivity index (χ1n) is 20.6. The highest BCUT2D eigenvalue weighted by Gasteiger charge is 2.46. The molecule has 5 fully saturated rings. The second-order valence-corrected chi connectivity index (χ2v) is 17.3. The summed E-state index contributed by atoms with van der Waals surface area (Å²) >= 11 is 6.38. The van der Waals surface area contributed by atoms with Gasteiger partial charge in [-0.05, 0) is 94.0 Å². The minimum absolute atomic E-state index is 0.0949. The molecular weight excluding hydrogens is 758 g/mol. The number of imide groups is 2. The fourth-order valence-corrected chi connectivity index (χ4v) is 10.4. The number of carbonyl (C=O) groups is 4. The van der Waals surface area contributed by atoms with Crippen molar-refractivity contribution in [2.45, 2.75) is 88.9 Å². The molecule has 6 aliphatic heterocycles. The van der Waals surface area contributed by atoms with Gasteiger partial charge in [0.2, 0.25) is 23.4 Å². The van der Waals surface area contributed by atoms with Gasteiger partial charge >= 0.3 is 0 Å². The second kappa shape index (κ2) is 15.5. The van der Waals surface area contributed by atoms with Gasteiger partial charge in [-0.1, -0.05) is 17.7 Å². The van der Waals surface area contributed by atoms with E-state index < -0.39 is 23.8 Å². The number of rotatable bonds is 7. The van der Waals surface area contributed by atoms with Crippen molar-refractivity contribution in [1.82, 2.24) is 25.1 Å². The smallest absolute Gasteiger partial charge is 0.262 e. The standard InChI is InChI=1S/C43H48ClN9O5/c1-27-23-43(26-52(27)30-4-6-35(45-2)34(44)22-30)13-19-51(20-14-43)37-24-47-39(25-46-37)58-31-11-17-49(18-12-31)28-9-15-50(16-10-28)29-3-5-32-33(21-29)42(57)53(41(32)56)36-7-8-38(54)48-40(36)55/h3-6,21-22,24-25,27-28,31,36H,7-20,23,26H2,1H3,(H,48,54,55)/t27-,36?/m0/s1. The first-order valence-corrected chi connectivity index (χ1v) is 21.0. The summed E-state index contributed by atoms with van der Waals surface area (Å²) in [4.78, 5) is 74.2. The van der Waals surface area contributed by atoms with E-state index >= 15 is 0 Å². The molecule has 302 valence electrons. The zero-order valence-electron chi connectivity index (χ0n) is 32.7. The lowest BCUT2D eigenvalue weighted by Crippen LogP contribution is -2.54. The normalized spacial score (nSPS) is 24.4. The van der Waals surface area contributed by atoms with Gasteiger partial charge in [-0.2, -0.15) is 0 Å². The summed E-state index contributed by atoms with van der Waals surface area (Å²) in [6, 6.07) is 11.1. The van der Waals surface area contributed by atoms with Crippen LogP contribution in [0, 0.1) is 12.0 Å². The Morgan fingerprint density at radius 2 is 1.59 bits per heavy atom. The van der Waals surface area contributed by atoms with E-state index in [1.807, 2.05) is 30.5 Å². The Balaban J connectivity index is 0.720. The number of nitrogens with one attached hydrogen (secondary N) is 1. The number of hydrogen-bond acceptors (Lipinski definition) is 11. The number of amides is 4. The minimum Gasteiger partial charge on any atom is -0.473 e. The van der Waals surface area contributed by atoms with Crippen molar-refractivity contribution in [3.63, 3.8) is 0 Å². The Kier molecular flexibility index (Phi) is 10.2. The van der Waals surface area contributed by atoms with Gasteiger partial charge in [0.1, 0.15) is 18.0 Å². The third-order valence-corrected chi connectivity index (χ3v) is 13.7. The lowest BCUT2D eigenvalue weighted by atomic mass is 9.77. The lowest BCUT2D eigenvalue weighted by molar-refractivity contribution is -0.136. The quantitative estimate of drug-likeness (QED) is 0.240. The van der Waals surface area contributed by atoms with E-state index in [1.165, 1.54) is 0 Å². The average Bonchev–Trinajstić information content (AvgIpc) is 3.69. The molecule has 4 amide bonds. The van der Waals surface area contributed by atoms with Crippen molar-refractivity contribution in [1.29, 1.82) is 0 Å². The van der Waals surface area contributed by atoms with Crippen molar-refractivity contribution in [2.75, 3.05) is 60.5 Å². The highest BCUT2D eigenvalue weighted by Crippen LogP contribution is 2.46. The summed E-state index contributed by atoms with van der Waals surface area (Å²) < 4.78 is 6.33. The van der Waals surface area contributed by atoms with Gasteiger partial charge in [-0.15, -0.1) is 0 Å². The molecule has 7 heterocycles. The van der Waals surface area contributed by atoms with Crippen LogP contribution in [0.4, 0.5) is 22.9 Å². The van der Waals surface area contributed by atoms with E-state index in [2.05, 4.69) is 41.7 Å². The third-order valence-electron chi connectivity index (χ3n) is 13.4. The number of fused-ring (bicyclic) bond motifs is 1. The van der Waals surface area contributed by atoms with Crippen LogP contribution in [-0.2, 0) is 9.59 Å². The number of likely N-dealkylation sites (tertiary alicyclic amines) is 1. The molecule has 1 spiro atoms. The number of piperidine rings is 4. The zero-order chi connectivity index (χ0) is 40.1. The first-order chi connectivity index (χ1) is 28.1. The molecule has 5 saturated heterocycles. The lowest BCUT2D eigenvalue weighted by Gasteiger charge is -2.42. The Morgan fingerprint density at radius 3 is 2.28 bits per heavy atom. The van der Waals surface area contributed by atoms with Gasteiger partial charge in [0, 0.05) is 80.7 Å². The van der Waals surface area contributed by atoms with E-state index in [4.69, 9.17) is 27.9 Å². The molecule has 2 atom stereocenters. The maximum atomic E-state index is 13.3. The average molecular weight is 806 g/mol. The summed E-state index contributed by atoms with van der Waals surface area (Å²) in [5.41, 5.74) is 3.35. The number of carbonyl (C=O) groups excluding carboxylic acids is 4. The third kappa shape index (κ3) is 7.23. The predicted octanol–water partition coefficient (Wildman–Crippen LogP) is 5.48. The number of halogens is 1. The summed E-state index contributed by atoms with van der Waals surface area (Å²) in [5.74, 6) is -0.486. The van der Waals surface area contributed by atoms with Crippen molar-refractivity contribution < 1.29 is 23.9 Å². The maximum Gasteiger partial charge on any atom is 0.262 e. The highest BCUT2D eigenvalue weighted by atomic mass is 35.5. The van der Waals surface area contributed by atoms with E-state index in [0.717, 1.165) is 113 Å². The molecule has 6 aliphatic rings. The number of hydrogen-bond donors (Lipinski definition) is 1. The Morgan fingerprint density at radius 1 is 0.845 bits per heavy atom. The van der Waals surface area contributed by atoms with Crippen LogP contribution in [0.15, 0.2) is 48.8 Å². The van der Waals surface area contributed by atoms with Crippen molar-refractivity contribution >= 4 is 58.1 Å². The largest absolute Gasteiger partial charge is 0.473 e. The van der Waals surface area contributed by atoms with Gasteiger partial charge < -0.3 is 19.4 Å². The Labute approximate surface area is 343 Å². The van der Waals surface area contributed by atoms with Crippen LogP contribution in [0.3, 0.4) is 0 Å². The number of anilines is 3. The second-order valence-electron chi connectivity index (χ2n) is 16.9. The molecule has 0 bridgehead atoms. The summed E-state index contributed by atoms with van der Waals surface area (Å²) in [7, 11) is 0. The number of ether oxygens (including phenoxy) is 1. The highest BCUT2D eigenvalue weighted by molar-refractivity contribution is 6.33. The van der Waals surface area contributed by atoms with Crippen molar-refractivity contribution in [3.8, 4) is 5.88 Å². The van der Waals surface area contributed by atoms with Gasteiger partial charge in [-0.3, -0.25) is 34.3 Å². The molecule has 0 saturated carbocycles. The van der Waals surface area contributed by atoms with Crippen LogP contribution in [0.1, 0.15) is 85.4 Å². The van der Waals surface area contributed by atoms with E-state index in [0.29, 0.717) is 39.8 Å². The van der Waals surface area contributed by atoms with E-state index in [-0.39, 0.29) is 30.3 Å². The number of aromatic nitrogens is 2. The molecule has 0 radical (unpaired) electrons. The SMILES string of the molecule is [C-]#[N+]c1ccc(N2CC3(CCN(c4cnc(OC5CCN(C6CCN(c7ccc8c(c7)C(=O)N(C7CCC(=O)NC7=O)C8=O)CC6)CC5)cn4)CC3)C[C@@H]2C)cc1Cl. The molecule has 3 aromatic rings. The van der Waals surface area contributed by atoms with Gasteiger partial charge in [0.25, 0.3) is 11.8 Å². The van der Waals surface area contributed by atoms with Crippen LogP contribution < -0.4 is 24.8 Å². The van der Waals surface area contributed by atoms with Gasteiger partial charge in [0.15, 0.2) is 0 Å². The van der Waals surface area contributed by atoms with Crippen LogP contribution >= 0.6 is 11.6 Å². The maximum absolute atomic E-state index is 13.3. The summed E-state index contributed by atoms with van der Waals surface area (Å²) in [6.45, 7) is 16.0. The fourth-order valence-electron chi connectivity index (χ4n) is 10.2. The van der Waals surface area contributed by atoms with Crippen molar-refractivity contribution in [2.24, 2.45) is 5.41 Å². The topological polar surface area (TPSA) is 136 Å². The number of nitrogens with zero attached hydrogens (tertiary/aromatic N) is 8. The molecule has 1 aromatic heterocycles. The van der Waals surface area contributed by atoms with E-state index in [1.54, 1.807) is 18.3 Å². The van der Waals surface area contributed by atoms with Crippen molar-refractivity contribution in [3.05, 3.63) is 76.4 Å². The Hall–Kier alpha value is -5.26. The fraction of sp³-hybridized carbons (Fsp3) is 0.512. The molecule has 9 rings (SSSR count). The molecule has 1 unspecified atom stereocenters. The Bertz CT molecular complexity index is 2150. The molecule has 58 heavy (non-hydrogen) atoms. The summed E-state index contributed by atoms with van der Waals surface area (Å²) in [5, 5.41) is 2.76. The molecule has 2 aromatic carbocycles. The van der Waals surface area contributed by atoms with E-state index in [9.17, 15) is 19.2 Å². The first kappa shape index (κ1) is 38.3. The van der Waals surface area contributed by atoms with Crippen LogP contribution in [-0.4, -0.2) is 113 Å². The predicted molar refractivity (Wildman–Crippen MR) is 219 cm³/mol. The summed E-state index contributed by atoms with van der Waals surface area (Å²) in [6.07, 6.45) is 11.1. The molecule has 14 nitrogen and oxygen atoms in total.